The Morgan fingerprint density at radius 2 is 2.05 bits per heavy atom. The molecule has 21 heavy (non-hydrogen) atoms. The smallest absolute Gasteiger partial charge is 0.324 e. The summed E-state index contributed by atoms with van der Waals surface area (Å²) in [6.07, 6.45) is 0.466. The van der Waals surface area contributed by atoms with E-state index in [-0.39, 0.29) is 12.6 Å². The maximum Gasteiger partial charge on any atom is 0.324 e. The number of urea groups is 1. The first kappa shape index (κ1) is 15.2. The van der Waals surface area contributed by atoms with Crippen LogP contribution in [-0.2, 0) is 4.79 Å². The van der Waals surface area contributed by atoms with E-state index in [1.54, 1.807) is 38.1 Å². The van der Waals surface area contributed by atoms with E-state index in [0.29, 0.717) is 24.4 Å². The normalized spacial score (nSPS) is 21.2. The van der Waals surface area contributed by atoms with E-state index >= 15 is 0 Å². The van der Waals surface area contributed by atoms with Crippen LogP contribution in [0.15, 0.2) is 24.3 Å². The maximum absolute atomic E-state index is 12.5. The van der Waals surface area contributed by atoms with Gasteiger partial charge in [0.25, 0.3) is 0 Å². The topological polar surface area (TPSA) is 70.1 Å². The van der Waals surface area contributed by atoms with E-state index in [9.17, 15) is 14.7 Å². The zero-order valence-electron chi connectivity index (χ0n) is 12.5. The summed E-state index contributed by atoms with van der Waals surface area (Å²) in [4.78, 5) is 26.9. The van der Waals surface area contributed by atoms with Crippen LogP contribution in [0.25, 0.3) is 0 Å². The molecule has 114 valence electrons. The molecule has 0 aromatic heterocycles. The van der Waals surface area contributed by atoms with Crippen LogP contribution in [0.5, 0.6) is 5.75 Å². The molecule has 1 atom stereocenters. The number of ether oxygens (including phenoxy) is 1. The molecule has 1 saturated heterocycles. The Labute approximate surface area is 123 Å². The Hall–Kier alpha value is -2.24. The summed E-state index contributed by atoms with van der Waals surface area (Å²) < 4.78 is 5.25. The van der Waals surface area contributed by atoms with Crippen LogP contribution in [0.3, 0.4) is 0 Å². The van der Waals surface area contributed by atoms with Gasteiger partial charge in [-0.2, -0.15) is 0 Å². The first-order valence-corrected chi connectivity index (χ1v) is 6.78. The number of amides is 2. The lowest BCUT2D eigenvalue weighted by Gasteiger charge is -2.26. The van der Waals surface area contributed by atoms with Crippen LogP contribution in [0.1, 0.15) is 13.3 Å². The number of hydrogen-bond donors (Lipinski definition) is 1. The Morgan fingerprint density at radius 1 is 1.38 bits per heavy atom. The number of carbonyl (C=O) groups is 2. The number of nitrogens with zero attached hydrogens (tertiary/aromatic N) is 2. The number of para-hydroxylation sites is 2. The van der Waals surface area contributed by atoms with Gasteiger partial charge < -0.3 is 14.7 Å². The summed E-state index contributed by atoms with van der Waals surface area (Å²) in [6, 6.07) is 7.02. The molecule has 1 heterocycles. The van der Waals surface area contributed by atoms with E-state index in [1.807, 2.05) is 12.1 Å². The van der Waals surface area contributed by atoms with Gasteiger partial charge in [-0.05, 0) is 25.5 Å². The van der Waals surface area contributed by atoms with Crippen molar-refractivity contribution in [3.05, 3.63) is 24.3 Å². The number of rotatable bonds is 3. The molecule has 1 fully saturated rings. The molecule has 2 amide bonds. The molecule has 1 aliphatic rings. The number of carbonyl (C=O) groups excluding carboxylic acids is 1. The highest BCUT2D eigenvalue weighted by Gasteiger charge is 2.43. The zero-order valence-corrected chi connectivity index (χ0v) is 12.5. The number of benzene rings is 1. The number of likely N-dealkylation sites (tertiary alicyclic amines) is 1. The second-order valence-corrected chi connectivity index (χ2v) is 5.55. The maximum atomic E-state index is 12.5. The van der Waals surface area contributed by atoms with Crippen LogP contribution in [0.4, 0.5) is 10.5 Å². The summed E-state index contributed by atoms with van der Waals surface area (Å²) in [6.45, 7) is 2.34. The molecule has 0 bridgehead atoms. The lowest BCUT2D eigenvalue weighted by Crippen LogP contribution is -2.42. The predicted molar refractivity (Wildman–Crippen MR) is 78.7 cm³/mol. The fraction of sp³-hybridized carbons (Fsp3) is 0.467. The van der Waals surface area contributed by atoms with Gasteiger partial charge in [0.2, 0.25) is 0 Å². The number of carboxylic acid groups (broad SMARTS) is 1. The lowest BCUT2D eigenvalue weighted by molar-refractivity contribution is -0.146. The number of methoxy groups -OCH3 is 1. The van der Waals surface area contributed by atoms with Gasteiger partial charge in [-0.3, -0.25) is 9.69 Å². The Kier molecular flexibility index (Phi) is 4.06. The quantitative estimate of drug-likeness (QED) is 0.925. The summed E-state index contributed by atoms with van der Waals surface area (Å²) in [5, 5.41) is 9.24. The van der Waals surface area contributed by atoms with Gasteiger partial charge in [0.1, 0.15) is 5.75 Å². The van der Waals surface area contributed by atoms with Crippen molar-refractivity contribution in [2.24, 2.45) is 5.41 Å². The van der Waals surface area contributed by atoms with E-state index in [4.69, 9.17) is 4.74 Å². The third-order valence-corrected chi connectivity index (χ3v) is 3.99. The molecule has 2 rings (SSSR count). The average molecular weight is 292 g/mol. The molecule has 1 N–H and O–H groups in total. The summed E-state index contributed by atoms with van der Waals surface area (Å²) in [7, 11) is 3.21. The van der Waals surface area contributed by atoms with Gasteiger partial charge in [0, 0.05) is 20.1 Å². The van der Waals surface area contributed by atoms with E-state index in [0.717, 1.165) is 0 Å². The second kappa shape index (κ2) is 5.63. The highest BCUT2D eigenvalue weighted by atomic mass is 16.5. The standard InChI is InChI=1S/C15H20N2O4/c1-15(13(18)19)8-9-17(10-15)14(20)16(2)11-6-4-5-7-12(11)21-3/h4-7H,8-10H2,1-3H3,(H,18,19). The molecule has 1 aromatic carbocycles. The number of anilines is 1. The largest absolute Gasteiger partial charge is 0.495 e. The van der Waals surface area contributed by atoms with E-state index in [1.165, 1.54) is 4.90 Å². The van der Waals surface area contributed by atoms with Crippen molar-refractivity contribution in [2.75, 3.05) is 32.1 Å². The minimum Gasteiger partial charge on any atom is -0.495 e. The summed E-state index contributed by atoms with van der Waals surface area (Å²) >= 11 is 0. The van der Waals surface area contributed by atoms with Crippen molar-refractivity contribution in [2.45, 2.75) is 13.3 Å². The monoisotopic (exact) mass is 292 g/mol. The first-order valence-electron chi connectivity index (χ1n) is 6.78. The molecule has 0 radical (unpaired) electrons. The van der Waals surface area contributed by atoms with Gasteiger partial charge in [0.05, 0.1) is 18.2 Å². The van der Waals surface area contributed by atoms with Crippen molar-refractivity contribution < 1.29 is 19.4 Å². The molecule has 0 aliphatic carbocycles. The Morgan fingerprint density at radius 3 is 2.62 bits per heavy atom. The zero-order chi connectivity index (χ0) is 15.6. The molecular weight excluding hydrogens is 272 g/mol. The minimum atomic E-state index is -0.864. The average Bonchev–Trinajstić information content (AvgIpc) is 2.89. The highest BCUT2D eigenvalue weighted by molar-refractivity contribution is 5.93. The molecule has 1 aliphatic heterocycles. The molecule has 1 unspecified atom stereocenters. The van der Waals surface area contributed by atoms with Gasteiger partial charge in [-0.25, -0.2) is 4.79 Å². The lowest BCUT2D eigenvalue weighted by atomic mass is 9.90. The van der Waals surface area contributed by atoms with Crippen LogP contribution >= 0.6 is 0 Å². The van der Waals surface area contributed by atoms with Crippen LogP contribution in [0.2, 0.25) is 0 Å². The van der Waals surface area contributed by atoms with Gasteiger partial charge in [-0.1, -0.05) is 12.1 Å². The summed E-state index contributed by atoms with van der Waals surface area (Å²) in [5.41, 5.74) is -0.203. The fourth-order valence-electron chi connectivity index (χ4n) is 2.52. The molecule has 0 saturated carbocycles. The van der Waals surface area contributed by atoms with Crippen molar-refractivity contribution in [3.8, 4) is 5.75 Å². The van der Waals surface area contributed by atoms with E-state index < -0.39 is 11.4 Å². The van der Waals surface area contributed by atoms with Crippen molar-refractivity contribution in [3.63, 3.8) is 0 Å². The first-order chi connectivity index (χ1) is 9.89. The van der Waals surface area contributed by atoms with Gasteiger partial charge in [0.15, 0.2) is 0 Å². The minimum absolute atomic E-state index is 0.218. The Balaban J connectivity index is 2.16. The molecule has 1 aromatic rings. The number of carboxylic acids is 1. The third kappa shape index (κ3) is 2.79. The molecule has 6 nitrogen and oxygen atoms in total. The Bertz CT molecular complexity index is 560. The predicted octanol–water partition coefficient (Wildman–Crippen LogP) is 2.05. The summed E-state index contributed by atoms with van der Waals surface area (Å²) in [5.74, 6) is -0.258. The van der Waals surface area contributed by atoms with Crippen molar-refractivity contribution in [1.29, 1.82) is 0 Å². The van der Waals surface area contributed by atoms with Gasteiger partial charge >= 0.3 is 12.0 Å². The molecule has 6 heteroatoms. The van der Waals surface area contributed by atoms with Crippen molar-refractivity contribution in [1.82, 2.24) is 4.90 Å². The molecular formula is C15H20N2O4. The van der Waals surface area contributed by atoms with Gasteiger partial charge in [-0.15, -0.1) is 0 Å². The third-order valence-electron chi connectivity index (χ3n) is 3.99. The van der Waals surface area contributed by atoms with Crippen molar-refractivity contribution >= 4 is 17.7 Å². The second-order valence-electron chi connectivity index (χ2n) is 5.55. The SMILES string of the molecule is COc1ccccc1N(C)C(=O)N1CCC(C)(C(=O)O)C1. The fourth-order valence-corrected chi connectivity index (χ4v) is 2.52. The van der Waals surface area contributed by atoms with Crippen LogP contribution in [0, 0.1) is 5.41 Å². The van der Waals surface area contributed by atoms with Crippen LogP contribution in [-0.4, -0.2) is 49.3 Å². The number of aliphatic carboxylic acids is 1. The van der Waals surface area contributed by atoms with E-state index in [2.05, 4.69) is 0 Å². The number of hydrogen-bond acceptors (Lipinski definition) is 3. The highest BCUT2D eigenvalue weighted by Crippen LogP contribution is 2.33. The molecule has 0 spiro atoms. The van der Waals surface area contributed by atoms with Crippen LogP contribution < -0.4 is 9.64 Å².